The zero-order valence-corrected chi connectivity index (χ0v) is 8.71. The molecule has 3 nitrogen and oxygen atoms in total. The maximum atomic E-state index is 10.9. The summed E-state index contributed by atoms with van der Waals surface area (Å²) in [6, 6.07) is 0. The number of carbonyl (C=O) groups excluding carboxylic acids is 1. The van der Waals surface area contributed by atoms with Crippen LogP contribution in [0.2, 0.25) is 0 Å². The molecular weight excluding hydrogens is 168 g/mol. The van der Waals surface area contributed by atoms with Gasteiger partial charge >= 0.3 is 0 Å². The van der Waals surface area contributed by atoms with Crippen molar-refractivity contribution in [2.24, 2.45) is 5.92 Å². The van der Waals surface area contributed by atoms with E-state index in [9.17, 15) is 9.90 Å². The van der Waals surface area contributed by atoms with Crippen LogP contribution in [-0.4, -0.2) is 28.2 Å². The molecule has 0 aromatic rings. The molecule has 1 unspecified atom stereocenters. The van der Waals surface area contributed by atoms with Gasteiger partial charge in [0.05, 0.1) is 5.60 Å². The number of Topliss-reactive ketones (excluding diaryl/α,β-unsaturated/α-hetero) is 1. The van der Waals surface area contributed by atoms with E-state index in [-0.39, 0.29) is 18.3 Å². The lowest BCUT2D eigenvalue weighted by molar-refractivity contribution is -0.120. The molecule has 2 N–H and O–H groups in total. The van der Waals surface area contributed by atoms with Crippen LogP contribution in [0, 0.1) is 5.92 Å². The maximum Gasteiger partial charge on any atom is 0.130 e. The quantitative estimate of drug-likeness (QED) is 0.657. The second-order valence-electron chi connectivity index (χ2n) is 4.12. The van der Waals surface area contributed by atoms with Crippen molar-refractivity contribution in [1.29, 1.82) is 0 Å². The standard InChI is InChI=1S/C10H20O3/c1-8(12)7-9(5-4-6-11)10(2,3)13/h9,11,13H,4-7H2,1-3H3. The van der Waals surface area contributed by atoms with E-state index in [0.717, 1.165) is 0 Å². The Morgan fingerprint density at radius 3 is 2.31 bits per heavy atom. The fourth-order valence-electron chi connectivity index (χ4n) is 1.39. The first-order chi connectivity index (χ1) is 5.88. The molecule has 0 radical (unpaired) electrons. The number of rotatable bonds is 6. The summed E-state index contributed by atoms with van der Waals surface area (Å²) in [7, 11) is 0. The summed E-state index contributed by atoms with van der Waals surface area (Å²) in [5.74, 6) is 0.0437. The molecular formula is C10H20O3. The number of ketones is 1. The van der Waals surface area contributed by atoms with Crippen LogP contribution in [0.4, 0.5) is 0 Å². The molecule has 1 atom stereocenters. The highest BCUT2D eigenvalue weighted by atomic mass is 16.3. The molecule has 0 aromatic carbocycles. The predicted octanol–water partition coefficient (Wildman–Crippen LogP) is 1.13. The Balaban J connectivity index is 4.11. The fraction of sp³-hybridized carbons (Fsp3) is 0.900. The summed E-state index contributed by atoms with van der Waals surface area (Å²) >= 11 is 0. The maximum absolute atomic E-state index is 10.9. The van der Waals surface area contributed by atoms with Crippen LogP contribution in [0.15, 0.2) is 0 Å². The summed E-state index contributed by atoms with van der Waals surface area (Å²) < 4.78 is 0. The van der Waals surface area contributed by atoms with Crippen molar-refractivity contribution >= 4 is 5.78 Å². The number of aliphatic hydroxyl groups excluding tert-OH is 1. The monoisotopic (exact) mass is 188 g/mol. The van der Waals surface area contributed by atoms with Gasteiger partial charge in [-0.15, -0.1) is 0 Å². The van der Waals surface area contributed by atoms with Crippen molar-refractivity contribution in [3.8, 4) is 0 Å². The summed E-state index contributed by atoms with van der Waals surface area (Å²) in [6.07, 6.45) is 1.73. The molecule has 0 saturated carbocycles. The second kappa shape index (κ2) is 5.35. The molecule has 0 heterocycles. The third-order valence-corrected chi connectivity index (χ3v) is 2.24. The van der Waals surface area contributed by atoms with E-state index >= 15 is 0 Å². The number of carbonyl (C=O) groups is 1. The number of hydrogen-bond donors (Lipinski definition) is 2. The Kier molecular flexibility index (Phi) is 5.18. The first kappa shape index (κ1) is 12.6. The van der Waals surface area contributed by atoms with Gasteiger partial charge in [-0.2, -0.15) is 0 Å². The topological polar surface area (TPSA) is 57.5 Å². The van der Waals surface area contributed by atoms with E-state index in [2.05, 4.69) is 0 Å². The smallest absolute Gasteiger partial charge is 0.130 e. The Morgan fingerprint density at radius 2 is 2.00 bits per heavy atom. The zero-order valence-electron chi connectivity index (χ0n) is 8.71. The van der Waals surface area contributed by atoms with Gasteiger partial charge in [-0.25, -0.2) is 0 Å². The summed E-state index contributed by atoms with van der Waals surface area (Å²) in [4.78, 5) is 10.9. The van der Waals surface area contributed by atoms with Crippen LogP contribution >= 0.6 is 0 Å². The van der Waals surface area contributed by atoms with E-state index in [1.54, 1.807) is 13.8 Å². The molecule has 0 aromatic heterocycles. The molecule has 0 spiro atoms. The number of aliphatic hydroxyl groups is 2. The van der Waals surface area contributed by atoms with Crippen LogP contribution in [-0.2, 0) is 4.79 Å². The van der Waals surface area contributed by atoms with Crippen molar-refractivity contribution in [2.45, 2.75) is 45.6 Å². The molecule has 0 aliphatic heterocycles. The van der Waals surface area contributed by atoms with E-state index in [4.69, 9.17) is 5.11 Å². The Labute approximate surface area is 79.8 Å². The van der Waals surface area contributed by atoms with Crippen LogP contribution in [0.25, 0.3) is 0 Å². The molecule has 0 aliphatic carbocycles. The van der Waals surface area contributed by atoms with Crippen molar-refractivity contribution in [1.82, 2.24) is 0 Å². The molecule has 0 amide bonds. The summed E-state index contributed by atoms with van der Waals surface area (Å²) in [5.41, 5.74) is -0.832. The van der Waals surface area contributed by atoms with Gasteiger partial charge in [0.1, 0.15) is 5.78 Å². The van der Waals surface area contributed by atoms with E-state index in [1.807, 2.05) is 0 Å². The normalized spacial score (nSPS) is 14.2. The van der Waals surface area contributed by atoms with Gasteiger partial charge in [-0.05, 0) is 39.5 Å². The Morgan fingerprint density at radius 1 is 1.46 bits per heavy atom. The van der Waals surface area contributed by atoms with Crippen molar-refractivity contribution in [2.75, 3.05) is 6.61 Å². The molecule has 3 heteroatoms. The van der Waals surface area contributed by atoms with Crippen LogP contribution in [0.3, 0.4) is 0 Å². The van der Waals surface area contributed by atoms with Crippen molar-refractivity contribution in [3.05, 3.63) is 0 Å². The first-order valence-corrected chi connectivity index (χ1v) is 4.70. The largest absolute Gasteiger partial charge is 0.396 e. The highest BCUT2D eigenvalue weighted by Gasteiger charge is 2.27. The van der Waals surface area contributed by atoms with E-state index < -0.39 is 5.60 Å². The summed E-state index contributed by atoms with van der Waals surface area (Å²) in [6.45, 7) is 5.05. The van der Waals surface area contributed by atoms with Crippen molar-refractivity contribution in [3.63, 3.8) is 0 Å². The highest BCUT2D eigenvalue weighted by molar-refractivity contribution is 5.75. The third-order valence-electron chi connectivity index (χ3n) is 2.24. The Bertz CT molecular complexity index is 158. The minimum Gasteiger partial charge on any atom is -0.396 e. The van der Waals surface area contributed by atoms with Gasteiger partial charge in [-0.1, -0.05) is 0 Å². The third kappa shape index (κ3) is 5.77. The highest BCUT2D eigenvalue weighted by Crippen LogP contribution is 2.25. The molecule has 0 saturated heterocycles. The van der Waals surface area contributed by atoms with Crippen LogP contribution < -0.4 is 0 Å². The van der Waals surface area contributed by atoms with Gasteiger partial charge in [0, 0.05) is 13.0 Å². The average molecular weight is 188 g/mol. The lowest BCUT2D eigenvalue weighted by Crippen LogP contribution is -2.32. The minimum absolute atomic E-state index is 0.0443. The van der Waals surface area contributed by atoms with Gasteiger partial charge in [0.25, 0.3) is 0 Å². The molecule has 0 rings (SSSR count). The van der Waals surface area contributed by atoms with Crippen LogP contribution in [0.1, 0.15) is 40.0 Å². The molecule has 0 bridgehead atoms. The lowest BCUT2D eigenvalue weighted by Gasteiger charge is -2.28. The van der Waals surface area contributed by atoms with Gasteiger partial charge in [-0.3, -0.25) is 0 Å². The Hall–Kier alpha value is -0.410. The fourth-order valence-corrected chi connectivity index (χ4v) is 1.39. The second-order valence-corrected chi connectivity index (χ2v) is 4.12. The molecule has 0 aliphatic rings. The SMILES string of the molecule is CC(=O)CC(CCCO)C(C)(C)O. The van der Waals surface area contributed by atoms with E-state index in [0.29, 0.717) is 19.3 Å². The summed E-state index contributed by atoms with van der Waals surface area (Å²) in [5, 5.41) is 18.4. The molecule has 78 valence electrons. The first-order valence-electron chi connectivity index (χ1n) is 4.70. The van der Waals surface area contributed by atoms with Crippen LogP contribution in [0.5, 0.6) is 0 Å². The predicted molar refractivity (Wildman–Crippen MR) is 51.4 cm³/mol. The van der Waals surface area contributed by atoms with Gasteiger partial charge < -0.3 is 15.0 Å². The van der Waals surface area contributed by atoms with Gasteiger partial charge in [0.15, 0.2) is 0 Å². The van der Waals surface area contributed by atoms with E-state index in [1.165, 1.54) is 6.92 Å². The number of hydrogen-bond acceptors (Lipinski definition) is 3. The average Bonchev–Trinajstić information content (AvgIpc) is 1.95. The zero-order chi connectivity index (χ0) is 10.5. The molecule has 0 fully saturated rings. The lowest BCUT2D eigenvalue weighted by atomic mass is 9.83. The molecule has 13 heavy (non-hydrogen) atoms. The van der Waals surface area contributed by atoms with Crippen molar-refractivity contribution < 1.29 is 15.0 Å². The minimum atomic E-state index is -0.832. The van der Waals surface area contributed by atoms with Gasteiger partial charge in [0.2, 0.25) is 0 Å².